The van der Waals surface area contributed by atoms with Crippen LogP contribution in [0, 0.1) is 5.92 Å². The largest absolute Gasteiger partial charge is 0.389 e. The van der Waals surface area contributed by atoms with Crippen LogP contribution in [0.5, 0.6) is 0 Å². The lowest BCUT2D eigenvalue weighted by atomic mass is 9.79. The molecule has 3 rings (SSSR count). The van der Waals surface area contributed by atoms with Gasteiger partial charge >= 0.3 is 0 Å². The Balaban J connectivity index is 1.57. The molecule has 24 heavy (non-hydrogen) atoms. The summed E-state index contributed by atoms with van der Waals surface area (Å²) in [7, 11) is 0. The quantitative estimate of drug-likeness (QED) is 0.917. The number of aromatic nitrogens is 2. The number of aliphatic hydroxyl groups is 1. The molecule has 5 nitrogen and oxygen atoms in total. The third kappa shape index (κ3) is 4.06. The number of piperidine rings is 1. The van der Waals surface area contributed by atoms with Gasteiger partial charge in [0.15, 0.2) is 0 Å². The van der Waals surface area contributed by atoms with Gasteiger partial charge in [0.1, 0.15) is 0 Å². The third-order valence-corrected chi connectivity index (χ3v) is 5.58. The van der Waals surface area contributed by atoms with Gasteiger partial charge in [0, 0.05) is 24.6 Å². The number of β-amino-alcohol motifs (C(OH)–C–C–N with tert-alkyl or cyclic N) is 1. The second kappa shape index (κ2) is 6.60. The summed E-state index contributed by atoms with van der Waals surface area (Å²) in [5.74, 6) is 0.498. The van der Waals surface area contributed by atoms with E-state index in [0.717, 1.165) is 57.4 Å². The van der Waals surface area contributed by atoms with Crippen molar-refractivity contribution in [2.75, 3.05) is 19.6 Å². The van der Waals surface area contributed by atoms with E-state index < -0.39 is 5.60 Å². The van der Waals surface area contributed by atoms with Gasteiger partial charge < -0.3 is 10.0 Å². The summed E-state index contributed by atoms with van der Waals surface area (Å²) in [6, 6.07) is 3.50. The second-order valence-electron chi connectivity index (χ2n) is 8.79. The van der Waals surface area contributed by atoms with Gasteiger partial charge in [0.2, 0.25) is 0 Å². The van der Waals surface area contributed by atoms with E-state index in [2.05, 4.69) is 30.8 Å². The summed E-state index contributed by atoms with van der Waals surface area (Å²) in [4.78, 5) is 14.5. The molecule has 1 N–H and O–H groups in total. The van der Waals surface area contributed by atoms with Gasteiger partial charge in [-0.15, -0.1) is 0 Å². The van der Waals surface area contributed by atoms with Crippen LogP contribution in [0.25, 0.3) is 0 Å². The van der Waals surface area contributed by atoms with Crippen LogP contribution in [-0.2, 0) is 12.0 Å². The molecule has 0 spiro atoms. The first-order valence-electron chi connectivity index (χ1n) is 9.29. The molecule has 2 heterocycles. The highest BCUT2D eigenvalue weighted by molar-refractivity contribution is 5.10. The topological polar surface area (TPSA) is 58.4 Å². The fraction of sp³-hybridized carbons (Fsp3) is 0.789. The van der Waals surface area contributed by atoms with Crippen molar-refractivity contribution in [3.63, 3.8) is 0 Å². The molecule has 5 heteroatoms. The molecule has 0 bridgehead atoms. The van der Waals surface area contributed by atoms with Crippen LogP contribution in [0.15, 0.2) is 16.9 Å². The summed E-state index contributed by atoms with van der Waals surface area (Å²) >= 11 is 0. The number of rotatable bonds is 4. The molecular weight excluding hydrogens is 302 g/mol. The average Bonchev–Trinajstić information content (AvgIpc) is 2.48. The minimum Gasteiger partial charge on any atom is -0.389 e. The van der Waals surface area contributed by atoms with Crippen LogP contribution in [0.3, 0.4) is 0 Å². The van der Waals surface area contributed by atoms with Crippen LogP contribution in [0.1, 0.15) is 58.6 Å². The van der Waals surface area contributed by atoms with Gasteiger partial charge in [0.05, 0.1) is 11.3 Å². The van der Waals surface area contributed by atoms with Gasteiger partial charge in [-0.3, -0.25) is 4.79 Å². The summed E-state index contributed by atoms with van der Waals surface area (Å²) in [6.45, 7) is 9.91. The van der Waals surface area contributed by atoms with E-state index in [4.69, 9.17) is 0 Å². The van der Waals surface area contributed by atoms with Crippen LogP contribution in [0.4, 0.5) is 0 Å². The molecule has 1 aliphatic heterocycles. The monoisotopic (exact) mass is 333 g/mol. The highest BCUT2D eigenvalue weighted by atomic mass is 16.3. The zero-order valence-corrected chi connectivity index (χ0v) is 15.3. The molecule has 0 amide bonds. The lowest BCUT2D eigenvalue weighted by molar-refractivity contribution is -0.0640. The lowest BCUT2D eigenvalue weighted by Crippen LogP contribution is -2.50. The van der Waals surface area contributed by atoms with Gasteiger partial charge in [-0.05, 0) is 57.2 Å². The summed E-state index contributed by atoms with van der Waals surface area (Å²) in [6.07, 6.45) is 5.21. The zero-order valence-electron chi connectivity index (χ0n) is 15.3. The maximum Gasteiger partial charge on any atom is 0.266 e. The Labute approximate surface area is 144 Å². The molecule has 1 saturated heterocycles. The van der Waals surface area contributed by atoms with E-state index in [1.807, 2.05) is 6.07 Å². The van der Waals surface area contributed by atoms with Gasteiger partial charge in [-0.2, -0.15) is 5.10 Å². The van der Waals surface area contributed by atoms with E-state index in [-0.39, 0.29) is 11.0 Å². The predicted molar refractivity (Wildman–Crippen MR) is 95.2 cm³/mol. The smallest absolute Gasteiger partial charge is 0.266 e. The summed E-state index contributed by atoms with van der Waals surface area (Å²) in [5, 5.41) is 14.9. The molecule has 134 valence electrons. The molecule has 0 unspecified atom stereocenters. The van der Waals surface area contributed by atoms with Crippen molar-refractivity contribution in [3.8, 4) is 0 Å². The maximum atomic E-state index is 12.1. The Morgan fingerprint density at radius 3 is 2.46 bits per heavy atom. The standard InChI is InChI=1S/C19H31N3O2/c1-18(2,3)16-5-6-17(23)22(20-16)13-15-7-11-21(12-8-15)14-19(24)9-4-10-19/h5-6,15,24H,4,7-14H2,1-3H3. The number of likely N-dealkylation sites (tertiary alicyclic amines) is 1. The molecule has 1 saturated carbocycles. The van der Waals surface area contributed by atoms with E-state index in [0.29, 0.717) is 12.5 Å². The van der Waals surface area contributed by atoms with Crippen molar-refractivity contribution in [2.24, 2.45) is 5.92 Å². The van der Waals surface area contributed by atoms with Gasteiger partial charge in [-0.1, -0.05) is 20.8 Å². The van der Waals surface area contributed by atoms with Crippen LogP contribution in [-0.4, -0.2) is 45.0 Å². The number of nitrogens with zero attached hydrogens (tertiary/aromatic N) is 3. The van der Waals surface area contributed by atoms with Gasteiger partial charge in [-0.25, -0.2) is 4.68 Å². The van der Waals surface area contributed by atoms with Crippen molar-refractivity contribution in [2.45, 2.75) is 70.4 Å². The van der Waals surface area contributed by atoms with Gasteiger partial charge in [0.25, 0.3) is 5.56 Å². The highest BCUT2D eigenvalue weighted by Crippen LogP contribution is 2.33. The Morgan fingerprint density at radius 1 is 1.25 bits per heavy atom. The molecule has 2 aliphatic rings. The molecule has 0 radical (unpaired) electrons. The van der Waals surface area contributed by atoms with Crippen molar-refractivity contribution in [1.82, 2.24) is 14.7 Å². The van der Waals surface area contributed by atoms with Crippen molar-refractivity contribution in [3.05, 3.63) is 28.2 Å². The zero-order chi connectivity index (χ0) is 17.4. The van der Waals surface area contributed by atoms with Crippen LogP contribution < -0.4 is 5.56 Å². The number of hydrogen-bond donors (Lipinski definition) is 1. The Bertz CT molecular complexity index is 620. The van der Waals surface area contributed by atoms with Crippen LogP contribution in [0.2, 0.25) is 0 Å². The molecule has 1 aliphatic carbocycles. The van der Waals surface area contributed by atoms with Crippen molar-refractivity contribution < 1.29 is 5.11 Å². The van der Waals surface area contributed by atoms with E-state index in [9.17, 15) is 9.90 Å². The Kier molecular flexibility index (Phi) is 4.85. The van der Waals surface area contributed by atoms with Crippen molar-refractivity contribution in [1.29, 1.82) is 0 Å². The molecular formula is C19H31N3O2. The average molecular weight is 333 g/mol. The van der Waals surface area contributed by atoms with E-state index in [1.165, 1.54) is 0 Å². The molecule has 0 atom stereocenters. The number of hydrogen-bond acceptors (Lipinski definition) is 4. The second-order valence-corrected chi connectivity index (χ2v) is 8.79. The lowest BCUT2D eigenvalue weighted by Gasteiger charge is -2.42. The maximum absolute atomic E-state index is 12.1. The normalized spacial score (nSPS) is 22.3. The first-order valence-corrected chi connectivity index (χ1v) is 9.29. The van der Waals surface area contributed by atoms with Crippen molar-refractivity contribution >= 4 is 0 Å². The highest BCUT2D eigenvalue weighted by Gasteiger charge is 2.36. The summed E-state index contributed by atoms with van der Waals surface area (Å²) < 4.78 is 1.65. The van der Waals surface area contributed by atoms with E-state index in [1.54, 1.807) is 10.7 Å². The third-order valence-electron chi connectivity index (χ3n) is 5.58. The van der Waals surface area contributed by atoms with Crippen LogP contribution >= 0.6 is 0 Å². The molecule has 0 aromatic carbocycles. The minimum absolute atomic E-state index is 0.00536. The van der Waals surface area contributed by atoms with E-state index >= 15 is 0 Å². The first kappa shape index (κ1) is 17.6. The Hall–Kier alpha value is -1.20. The summed E-state index contributed by atoms with van der Waals surface area (Å²) in [5.41, 5.74) is 0.490. The Morgan fingerprint density at radius 2 is 1.92 bits per heavy atom. The fourth-order valence-corrected chi connectivity index (χ4v) is 3.71. The predicted octanol–water partition coefficient (Wildman–Crippen LogP) is 2.17. The SMILES string of the molecule is CC(C)(C)c1ccc(=O)n(CC2CCN(CC3(O)CCC3)CC2)n1. The molecule has 1 aromatic heterocycles. The fourth-order valence-electron chi connectivity index (χ4n) is 3.71. The minimum atomic E-state index is -0.424. The molecule has 1 aromatic rings. The first-order chi connectivity index (χ1) is 11.3. The molecule has 2 fully saturated rings.